The predicted molar refractivity (Wildman–Crippen MR) is 73.8 cm³/mol. The normalized spacial score (nSPS) is 12.4. The van der Waals surface area contributed by atoms with Crippen LogP contribution in [0.15, 0.2) is 54.6 Å². The van der Waals surface area contributed by atoms with E-state index >= 15 is 0 Å². The van der Waals surface area contributed by atoms with E-state index in [2.05, 4.69) is 55.5 Å². The minimum Gasteiger partial charge on any atom is -0.328 e. The second kappa shape index (κ2) is 5.65. The second-order valence-corrected chi connectivity index (χ2v) is 4.58. The van der Waals surface area contributed by atoms with E-state index < -0.39 is 0 Å². The zero-order chi connectivity index (χ0) is 12.1. The van der Waals surface area contributed by atoms with Gasteiger partial charge in [-0.15, -0.1) is 0 Å². The Labute approximate surface area is 103 Å². The van der Waals surface area contributed by atoms with Crippen LogP contribution in [-0.2, 0) is 6.42 Å². The molecule has 0 saturated heterocycles. The smallest absolute Gasteiger partial charge is 0.00136 e. The monoisotopic (exact) mass is 225 g/mol. The van der Waals surface area contributed by atoms with Gasteiger partial charge in [0.2, 0.25) is 0 Å². The molecule has 17 heavy (non-hydrogen) atoms. The van der Waals surface area contributed by atoms with Crippen LogP contribution in [0, 0.1) is 0 Å². The SMILES string of the molecule is C[C@H](N)CCc1ccc(-c2ccccc2)cc1. The van der Waals surface area contributed by atoms with E-state index in [0.717, 1.165) is 12.8 Å². The number of rotatable bonds is 4. The summed E-state index contributed by atoms with van der Waals surface area (Å²) in [6.07, 6.45) is 2.11. The molecule has 0 fully saturated rings. The third kappa shape index (κ3) is 3.43. The third-order valence-electron chi connectivity index (χ3n) is 2.95. The summed E-state index contributed by atoms with van der Waals surface area (Å²) in [6.45, 7) is 2.05. The van der Waals surface area contributed by atoms with E-state index in [-0.39, 0.29) is 6.04 Å². The lowest BCUT2D eigenvalue weighted by molar-refractivity contribution is 0.666. The predicted octanol–water partition coefficient (Wildman–Crippen LogP) is 3.63. The Hall–Kier alpha value is -1.60. The fourth-order valence-corrected chi connectivity index (χ4v) is 1.89. The highest BCUT2D eigenvalue weighted by molar-refractivity contribution is 5.63. The molecule has 0 saturated carbocycles. The van der Waals surface area contributed by atoms with Crippen molar-refractivity contribution in [3.05, 3.63) is 60.2 Å². The maximum Gasteiger partial charge on any atom is 0.00136 e. The summed E-state index contributed by atoms with van der Waals surface area (Å²) in [6, 6.07) is 19.5. The van der Waals surface area contributed by atoms with Gasteiger partial charge in [-0.1, -0.05) is 54.6 Å². The molecule has 0 aliphatic carbocycles. The number of nitrogens with two attached hydrogens (primary N) is 1. The number of hydrogen-bond acceptors (Lipinski definition) is 1. The van der Waals surface area contributed by atoms with Gasteiger partial charge in [-0.3, -0.25) is 0 Å². The van der Waals surface area contributed by atoms with Gasteiger partial charge in [0.05, 0.1) is 0 Å². The maximum absolute atomic E-state index is 5.76. The Morgan fingerprint density at radius 3 is 2.06 bits per heavy atom. The molecule has 1 nitrogen and oxygen atoms in total. The van der Waals surface area contributed by atoms with Crippen LogP contribution in [0.25, 0.3) is 11.1 Å². The maximum atomic E-state index is 5.76. The van der Waals surface area contributed by atoms with Crippen molar-refractivity contribution in [2.75, 3.05) is 0 Å². The highest BCUT2D eigenvalue weighted by atomic mass is 14.6. The molecule has 0 aliphatic rings. The Morgan fingerprint density at radius 1 is 0.882 bits per heavy atom. The Bertz CT molecular complexity index is 443. The molecule has 1 heteroatoms. The average Bonchev–Trinajstić information content (AvgIpc) is 2.38. The summed E-state index contributed by atoms with van der Waals surface area (Å²) >= 11 is 0. The van der Waals surface area contributed by atoms with Crippen LogP contribution in [0.5, 0.6) is 0 Å². The molecule has 0 aromatic heterocycles. The van der Waals surface area contributed by atoms with Gasteiger partial charge in [0.15, 0.2) is 0 Å². The Balaban J connectivity index is 2.08. The molecule has 0 radical (unpaired) electrons. The summed E-state index contributed by atoms with van der Waals surface area (Å²) in [4.78, 5) is 0. The van der Waals surface area contributed by atoms with E-state index in [1.54, 1.807) is 0 Å². The topological polar surface area (TPSA) is 26.0 Å². The fraction of sp³-hybridized carbons (Fsp3) is 0.250. The van der Waals surface area contributed by atoms with Crippen LogP contribution < -0.4 is 5.73 Å². The van der Waals surface area contributed by atoms with Gasteiger partial charge in [0.25, 0.3) is 0 Å². The van der Waals surface area contributed by atoms with Gasteiger partial charge in [-0.05, 0) is 36.5 Å². The molecule has 2 rings (SSSR count). The van der Waals surface area contributed by atoms with Crippen molar-refractivity contribution >= 4 is 0 Å². The minimum absolute atomic E-state index is 0.281. The summed E-state index contributed by atoms with van der Waals surface area (Å²) in [5.74, 6) is 0. The first kappa shape index (κ1) is 11.9. The molecule has 1 atom stereocenters. The molecule has 0 aliphatic heterocycles. The van der Waals surface area contributed by atoms with E-state index in [9.17, 15) is 0 Å². The van der Waals surface area contributed by atoms with E-state index in [1.807, 2.05) is 6.07 Å². The second-order valence-electron chi connectivity index (χ2n) is 4.58. The van der Waals surface area contributed by atoms with Crippen molar-refractivity contribution < 1.29 is 0 Å². The quantitative estimate of drug-likeness (QED) is 0.844. The zero-order valence-corrected chi connectivity index (χ0v) is 10.3. The van der Waals surface area contributed by atoms with E-state index in [4.69, 9.17) is 5.73 Å². The van der Waals surface area contributed by atoms with Crippen molar-refractivity contribution in [2.24, 2.45) is 5.73 Å². The zero-order valence-electron chi connectivity index (χ0n) is 10.3. The standard InChI is InChI=1S/C16H19N/c1-13(17)7-8-14-9-11-16(12-10-14)15-5-3-2-4-6-15/h2-6,9-13H,7-8,17H2,1H3/t13-/m0/s1. The summed E-state index contributed by atoms with van der Waals surface area (Å²) in [7, 11) is 0. The third-order valence-corrected chi connectivity index (χ3v) is 2.95. The van der Waals surface area contributed by atoms with Crippen LogP contribution in [0.2, 0.25) is 0 Å². The molecule has 2 aromatic rings. The van der Waals surface area contributed by atoms with Crippen molar-refractivity contribution in [2.45, 2.75) is 25.8 Å². The molecular formula is C16H19N. The van der Waals surface area contributed by atoms with Gasteiger partial charge in [-0.25, -0.2) is 0 Å². The Kier molecular flexibility index (Phi) is 3.94. The fourth-order valence-electron chi connectivity index (χ4n) is 1.89. The minimum atomic E-state index is 0.281. The van der Waals surface area contributed by atoms with Crippen LogP contribution >= 0.6 is 0 Å². The summed E-state index contributed by atoms with van der Waals surface area (Å²) in [5.41, 5.74) is 9.67. The first-order chi connectivity index (χ1) is 8.25. The van der Waals surface area contributed by atoms with Crippen molar-refractivity contribution in [1.82, 2.24) is 0 Å². The van der Waals surface area contributed by atoms with Crippen LogP contribution in [0.1, 0.15) is 18.9 Å². The number of benzene rings is 2. The van der Waals surface area contributed by atoms with Crippen molar-refractivity contribution in [3.63, 3.8) is 0 Å². The van der Waals surface area contributed by atoms with Gasteiger partial charge < -0.3 is 5.73 Å². The lowest BCUT2D eigenvalue weighted by atomic mass is 10.0. The van der Waals surface area contributed by atoms with E-state index in [1.165, 1.54) is 16.7 Å². The molecule has 2 aromatic carbocycles. The van der Waals surface area contributed by atoms with Gasteiger partial charge in [0.1, 0.15) is 0 Å². The number of hydrogen-bond donors (Lipinski definition) is 1. The molecule has 0 heterocycles. The lowest BCUT2D eigenvalue weighted by Crippen LogP contribution is -2.15. The molecule has 0 spiro atoms. The number of aryl methyl sites for hydroxylation is 1. The van der Waals surface area contributed by atoms with Gasteiger partial charge in [-0.2, -0.15) is 0 Å². The average molecular weight is 225 g/mol. The largest absolute Gasteiger partial charge is 0.328 e. The molecule has 0 unspecified atom stereocenters. The highest BCUT2D eigenvalue weighted by Gasteiger charge is 1.99. The van der Waals surface area contributed by atoms with Gasteiger partial charge >= 0.3 is 0 Å². The summed E-state index contributed by atoms with van der Waals surface area (Å²) in [5, 5.41) is 0. The van der Waals surface area contributed by atoms with Crippen LogP contribution in [0.3, 0.4) is 0 Å². The summed E-state index contributed by atoms with van der Waals surface area (Å²) < 4.78 is 0. The molecule has 0 amide bonds. The van der Waals surface area contributed by atoms with Crippen LogP contribution in [0.4, 0.5) is 0 Å². The first-order valence-corrected chi connectivity index (χ1v) is 6.15. The van der Waals surface area contributed by atoms with Crippen molar-refractivity contribution in [1.29, 1.82) is 0 Å². The molecule has 0 bridgehead atoms. The van der Waals surface area contributed by atoms with Crippen LogP contribution in [-0.4, -0.2) is 6.04 Å². The molecular weight excluding hydrogens is 206 g/mol. The van der Waals surface area contributed by atoms with E-state index in [0.29, 0.717) is 0 Å². The lowest BCUT2D eigenvalue weighted by Gasteiger charge is -2.06. The molecule has 2 N–H and O–H groups in total. The first-order valence-electron chi connectivity index (χ1n) is 6.15. The van der Waals surface area contributed by atoms with Gasteiger partial charge in [0, 0.05) is 6.04 Å². The highest BCUT2D eigenvalue weighted by Crippen LogP contribution is 2.19. The molecule has 88 valence electrons. The van der Waals surface area contributed by atoms with Crippen molar-refractivity contribution in [3.8, 4) is 11.1 Å². The Morgan fingerprint density at radius 2 is 1.47 bits per heavy atom.